The lowest BCUT2D eigenvalue weighted by Crippen LogP contribution is -2.35. The molecule has 3 rings (SSSR count). The monoisotopic (exact) mass is 465 g/mol. The Bertz CT molecular complexity index is 1070. The molecule has 2 amide bonds. The lowest BCUT2D eigenvalue weighted by molar-refractivity contribution is -0.118. The van der Waals surface area contributed by atoms with E-state index in [0.29, 0.717) is 24.5 Å². The van der Waals surface area contributed by atoms with Crippen molar-refractivity contribution in [3.8, 4) is 5.75 Å². The lowest BCUT2D eigenvalue weighted by Gasteiger charge is -2.26. The summed E-state index contributed by atoms with van der Waals surface area (Å²) in [5.74, 6) is -0.435. The molecule has 1 heterocycles. The molecular weight excluding hydrogens is 442 g/mol. The summed E-state index contributed by atoms with van der Waals surface area (Å²) in [5.41, 5.74) is 1.05. The summed E-state index contributed by atoms with van der Waals surface area (Å²) in [5, 5.41) is 5.41. The minimum Gasteiger partial charge on any atom is -0.482 e. The average Bonchev–Trinajstić information content (AvgIpc) is 2.73. The number of nitrogens with one attached hydrogen (secondary N) is 2. The Morgan fingerprint density at radius 1 is 1.03 bits per heavy atom. The predicted molar refractivity (Wildman–Crippen MR) is 119 cm³/mol. The Hall–Kier alpha value is -2.62. The maximum absolute atomic E-state index is 12.8. The van der Waals surface area contributed by atoms with Crippen LogP contribution in [0.3, 0.4) is 0 Å². The molecule has 0 aromatic heterocycles. The lowest BCUT2D eigenvalue weighted by atomic mass is 10.2. The van der Waals surface area contributed by atoms with Gasteiger partial charge in [-0.15, -0.1) is 0 Å². The summed E-state index contributed by atoms with van der Waals surface area (Å²) in [6.07, 6.45) is 2.72. The van der Waals surface area contributed by atoms with Crippen molar-refractivity contribution >= 4 is 44.8 Å². The van der Waals surface area contributed by atoms with E-state index in [1.165, 1.54) is 29.4 Å². The summed E-state index contributed by atoms with van der Waals surface area (Å²) >= 11 is 6.21. The van der Waals surface area contributed by atoms with Crippen molar-refractivity contribution in [3.05, 3.63) is 47.5 Å². The van der Waals surface area contributed by atoms with E-state index in [0.717, 1.165) is 19.3 Å². The molecule has 10 heteroatoms. The Morgan fingerprint density at radius 2 is 1.71 bits per heavy atom. The van der Waals surface area contributed by atoms with Gasteiger partial charge >= 0.3 is 0 Å². The van der Waals surface area contributed by atoms with E-state index in [9.17, 15) is 18.0 Å². The molecule has 0 bridgehead atoms. The van der Waals surface area contributed by atoms with Gasteiger partial charge in [0.2, 0.25) is 15.9 Å². The van der Waals surface area contributed by atoms with Crippen molar-refractivity contribution in [1.29, 1.82) is 0 Å². The highest BCUT2D eigenvalue weighted by atomic mass is 35.5. The zero-order valence-corrected chi connectivity index (χ0v) is 18.6. The maximum Gasteiger partial charge on any atom is 0.262 e. The van der Waals surface area contributed by atoms with Crippen LogP contribution in [0.4, 0.5) is 11.4 Å². The van der Waals surface area contributed by atoms with Crippen LogP contribution in [0.1, 0.15) is 26.2 Å². The highest BCUT2D eigenvalue weighted by molar-refractivity contribution is 7.89. The van der Waals surface area contributed by atoms with E-state index in [1.54, 1.807) is 24.3 Å². The van der Waals surface area contributed by atoms with E-state index in [-0.39, 0.29) is 28.2 Å². The van der Waals surface area contributed by atoms with Crippen molar-refractivity contribution < 1.29 is 22.7 Å². The third-order valence-electron chi connectivity index (χ3n) is 4.68. The smallest absolute Gasteiger partial charge is 0.262 e. The second-order valence-corrected chi connectivity index (χ2v) is 9.50. The first kappa shape index (κ1) is 23.1. The van der Waals surface area contributed by atoms with E-state index in [4.69, 9.17) is 16.3 Å². The first-order valence-corrected chi connectivity index (χ1v) is 11.7. The minimum atomic E-state index is -3.60. The largest absolute Gasteiger partial charge is 0.482 e. The minimum absolute atomic E-state index is 0.103. The standard InChI is InChI=1S/C21H24ClN3O5S/c1-15(26)23-16-6-5-7-17(12-16)24-21(27)14-30-20-9-8-18(13-19(20)22)31(28,29)25-10-3-2-4-11-25/h5-9,12-13H,2-4,10-11,14H2,1H3,(H,23,26)(H,24,27). The van der Waals surface area contributed by atoms with Crippen LogP contribution in [0.15, 0.2) is 47.4 Å². The van der Waals surface area contributed by atoms with Gasteiger partial charge in [0.15, 0.2) is 6.61 Å². The highest BCUT2D eigenvalue weighted by Crippen LogP contribution is 2.29. The van der Waals surface area contributed by atoms with Crippen LogP contribution in [0.5, 0.6) is 5.75 Å². The van der Waals surface area contributed by atoms with Gasteiger partial charge in [-0.3, -0.25) is 9.59 Å². The summed E-state index contributed by atoms with van der Waals surface area (Å²) in [4.78, 5) is 23.4. The van der Waals surface area contributed by atoms with Gasteiger partial charge in [-0.25, -0.2) is 8.42 Å². The van der Waals surface area contributed by atoms with Crippen molar-refractivity contribution in [1.82, 2.24) is 4.31 Å². The fourth-order valence-corrected chi connectivity index (χ4v) is 5.08. The molecule has 1 aliphatic heterocycles. The molecule has 0 atom stereocenters. The molecule has 1 aliphatic rings. The third kappa shape index (κ3) is 6.19. The van der Waals surface area contributed by atoms with Crippen LogP contribution in [0, 0.1) is 0 Å². The zero-order chi connectivity index (χ0) is 22.4. The van der Waals surface area contributed by atoms with E-state index in [2.05, 4.69) is 10.6 Å². The second-order valence-electron chi connectivity index (χ2n) is 7.16. The summed E-state index contributed by atoms with van der Waals surface area (Å²) < 4.78 is 32.4. The molecule has 2 aromatic rings. The van der Waals surface area contributed by atoms with Gasteiger partial charge in [-0.05, 0) is 49.2 Å². The van der Waals surface area contributed by atoms with Crippen molar-refractivity contribution in [2.75, 3.05) is 30.3 Å². The Kier molecular flexibility index (Phi) is 7.53. The number of carbonyl (C=O) groups excluding carboxylic acids is 2. The third-order valence-corrected chi connectivity index (χ3v) is 6.87. The molecule has 8 nitrogen and oxygen atoms in total. The molecule has 1 fully saturated rings. The van der Waals surface area contributed by atoms with Gasteiger partial charge in [0, 0.05) is 31.4 Å². The van der Waals surface area contributed by atoms with E-state index >= 15 is 0 Å². The number of benzene rings is 2. The summed E-state index contributed by atoms with van der Waals surface area (Å²) in [6, 6.07) is 10.9. The molecule has 0 radical (unpaired) electrons. The molecule has 2 aromatic carbocycles. The molecule has 0 aliphatic carbocycles. The van der Waals surface area contributed by atoms with Crippen molar-refractivity contribution in [2.45, 2.75) is 31.1 Å². The number of hydrogen-bond donors (Lipinski definition) is 2. The van der Waals surface area contributed by atoms with Crippen LogP contribution >= 0.6 is 11.6 Å². The second kappa shape index (κ2) is 10.1. The normalized spacial score (nSPS) is 14.6. The number of carbonyl (C=O) groups is 2. The van der Waals surface area contributed by atoms with E-state index in [1.807, 2.05) is 0 Å². The fraction of sp³-hybridized carbons (Fsp3) is 0.333. The van der Waals surface area contributed by atoms with Crippen LogP contribution in [0.2, 0.25) is 5.02 Å². The average molecular weight is 466 g/mol. The molecule has 0 saturated carbocycles. The van der Waals surface area contributed by atoms with Gasteiger partial charge in [-0.1, -0.05) is 24.1 Å². The molecule has 2 N–H and O–H groups in total. The molecule has 1 saturated heterocycles. The Labute approximate surface area is 186 Å². The maximum atomic E-state index is 12.8. The first-order valence-electron chi connectivity index (χ1n) is 9.86. The fourth-order valence-electron chi connectivity index (χ4n) is 3.23. The Balaban J connectivity index is 1.60. The topological polar surface area (TPSA) is 105 Å². The number of halogens is 1. The molecule has 0 unspecified atom stereocenters. The first-order chi connectivity index (χ1) is 14.8. The van der Waals surface area contributed by atoms with Gasteiger partial charge in [0.1, 0.15) is 5.75 Å². The SMILES string of the molecule is CC(=O)Nc1cccc(NC(=O)COc2ccc(S(=O)(=O)N3CCCCC3)cc2Cl)c1. The number of ether oxygens (including phenoxy) is 1. The molecule has 166 valence electrons. The predicted octanol–water partition coefficient (Wildman–Crippen LogP) is 3.49. The van der Waals surface area contributed by atoms with E-state index < -0.39 is 15.9 Å². The Morgan fingerprint density at radius 3 is 2.35 bits per heavy atom. The molecule has 0 spiro atoms. The quantitative estimate of drug-likeness (QED) is 0.651. The number of rotatable bonds is 7. The number of sulfonamides is 1. The number of hydrogen-bond acceptors (Lipinski definition) is 5. The van der Waals surface area contributed by atoms with Crippen molar-refractivity contribution in [3.63, 3.8) is 0 Å². The molecular formula is C21H24ClN3O5S. The molecule has 31 heavy (non-hydrogen) atoms. The van der Waals surface area contributed by atoms with Gasteiger partial charge in [0.25, 0.3) is 5.91 Å². The zero-order valence-electron chi connectivity index (χ0n) is 17.1. The van der Waals surface area contributed by atoms with Gasteiger partial charge in [-0.2, -0.15) is 4.31 Å². The van der Waals surface area contributed by atoms with Crippen LogP contribution in [-0.2, 0) is 19.6 Å². The van der Waals surface area contributed by atoms with Crippen LogP contribution < -0.4 is 15.4 Å². The number of nitrogens with zero attached hydrogens (tertiary/aromatic N) is 1. The van der Waals surface area contributed by atoms with Crippen LogP contribution in [-0.4, -0.2) is 44.2 Å². The number of amides is 2. The number of piperidine rings is 1. The summed E-state index contributed by atoms with van der Waals surface area (Å²) in [6.45, 7) is 2.08. The van der Waals surface area contributed by atoms with Gasteiger partial charge < -0.3 is 15.4 Å². The number of anilines is 2. The summed E-state index contributed by atoms with van der Waals surface area (Å²) in [7, 11) is -3.60. The van der Waals surface area contributed by atoms with Crippen molar-refractivity contribution in [2.24, 2.45) is 0 Å². The van der Waals surface area contributed by atoms with Gasteiger partial charge in [0.05, 0.1) is 9.92 Å². The highest BCUT2D eigenvalue weighted by Gasteiger charge is 2.26. The van der Waals surface area contributed by atoms with Crippen LogP contribution in [0.25, 0.3) is 0 Å².